The Kier molecular flexibility index (Phi) is 10.2. The number of rotatable bonds is 9. The molecule has 0 spiro atoms. The maximum atomic E-state index is 5.27. The van der Waals surface area contributed by atoms with Crippen LogP contribution in [-0.4, -0.2) is 14.5 Å². The fraction of sp³-hybridized carbons (Fsp3) is 0. The maximum absolute atomic E-state index is 5.27. The highest BCUT2D eigenvalue weighted by Gasteiger charge is 2.20. The van der Waals surface area contributed by atoms with Gasteiger partial charge >= 0.3 is 0 Å². The Balaban J connectivity index is 1.06. The maximum Gasteiger partial charge on any atom is 0.160 e. The molecule has 0 aliphatic heterocycles. The summed E-state index contributed by atoms with van der Waals surface area (Å²) >= 11 is 0. The quantitative estimate of drug-likeness (QED) is 0.145. The molecule has 0 unspecified atom stereocenters. The van der Waals surface area contributed by atoms with Crippen molar-refractivity contribution in [1.29, 1.82) is 0 Å². The standard InChI is InChI=1S/C64H43N3/c1-6-19-44(20-7-1)46-33-35-47(36-34-46)59-43-60(66-64(65-59)49-25-12-4-13-26-49)52-28-18-27-50(39-52)56-41-53(45-21-8-2-9-22-45)42-57(63(56)48-23-10-3-11-24-48)51-37-38-62-58(40-51)55-31-16-17-32-61(55)67(62)54-29-14-5-15-30-54/h1-43H. The van der Waals surface area contributed by atoms with E-state index in [1.165, 1.54) is 44.1 Å². The van der Waals surface area contributed by atoms with E-state index in [2.05, 4.69) is 247 Å². The minimum Gasteiger partial charge on any atom is -0.309 e. The number of hydrogen-bond acceptors (Lipinski definition) is 2. The van der Waals surface area contributed by atoms with Crippen molar-refractivity contribution >= 4 is 21.8 Å². The van der Waals surface area contributed by atoms with Gasteiger partial charge in [0.25, 0.3) is 0 Å². The van der Waals surface area contributed by atoms with Crippen LogP contribution in [0.4, 0.5) is 0 Å². The van der Waals surface area contributed by atoms with E-state index < -0.39 is 0 Å². The Morgan fingerprint density at radius 3 is 1.36 bits per heavy atom. The third-order valence-corrected chi connectivity index (χ3v) is 12.8. The third kappa shape index (κ3) is 7.59. The number of aromatic nitrogens is 3. The summed E-state index contributed by atoms with van der Waals surface area (Å²) in [6.45, 7) is 0. The van der Waals surface area contributed by atoms with Gasteiger partial charge in [-0.1, -0.05) is 206 Å². The topological polar surface area (TPSA) is 30.7 Å². The molecule has 0 saturated carbocycles. The SMILES string of the molecule is c1ccc(-c2ccc(-c3cc(-c4cccc(-c5cc(-c6ccccc6)cc(-c6ccc7c(c6)c6ccccc6n7-c6ccccc6)c5-c5ccccc5)c4)nc(-c4ccccc4)n3)cc2)cc1. The predicted octanol–water partition coefficient (Wildman–Crippen LogP) is 16.9. The van der Waals surface area contributed by atoms with Gasteiger partial charge in [0.15, 0.2) is 5.82 Å². The van der Waals surface area contributed by atoms with E-state index in [9.17, 15) is 0 Å². The van der Waals surface area contributed by atoms with Gasteiger partial charge in [0.2, 0.25) is 0 Å². The van der Waals surface area contributed by atoms with Crippen molar-refractivity contribution in [2.24, 2.45) is 0 Å². The van der Waals surface area contributed by atoms with Gasteiger partial charge in [-0.15, -0.1) is 0 Å². The lowest BCUT2D eigenvalue weighted by atomic mass is 9.84. The molecule has 2 heterocycles. The van der Waals surface area contributed by atoms with E-state index in [0.717, 1.165) is 67.1 Å². The Hall–Kier alpha value is -8.92. The number of benzene rings is 10. The molecule has 3 heteroatoms. The van der Waals surface area contributed by atoms with Crippen LogP contribution in [0, 0.1) is 0 Å². The summed E-state index contributed by atoms with van der Waals surface area (Å²) in [4.78, 5) is 10.4. The molecule has 0 amide bonds. The van der Waals surface area contributed by atoms with E-state index in [1.807, 2.05) is 18.2 Å². The van der Waals surface area contributed by atoms with Crippen molar-refractivity contribution in [3.8, 4) is 95.2 Å². The molecule has 3 nitrogen and oxygen atoms in total. The van der Waals surface area contributed by atoms with E-state index in [1.54, 1.807) is 0 Å². The van der Waals surface area contributed by atoms with Crippen molar-refractivity contribution in [2.45, 2.75) is 0 Å². The second kappa shape index (κ2) is 17.2. The molecule has 0 N–H and O–H groups in total. The minimum absolute atomic E-state index is 0.688. The van der Waals surface area contributed by atoms with Crippen LogP contribution in [0.15, 0.2) is 261 Å². The first-order chi connectivity index (χ1) is 33.2. The summed E-state index contributed by atoms with van der Waals surface area (Å²) in [6.07, 6.45) is 0. The molecular formula is C64H43N3. The van der Waals surface area contributed by atoms with Gasteiger partial charge in [0.1, 0.15) is 0 Å². The molecule has 0 aliphatic carbocycles. The van der Waals surface area contributed by atoms with Gasteiger partial charge in [-0.2, -0.15) is 0 Å². The van der Waals surface area contributed by atoms with Crippen LogP contribution in [-0.2, 0) is 0 Å². The monoisotopic (exact) mass is 853 g/mol. The van der Waals surface area contributed by atoms with Gasteiger partial charge in [-0.25, -0.2) is 9.97 Å². The molecule has 12 rings (SSSR count). The highest BCUT2D eigenvalue weighted by atomic mass is 15.0. The first-order valence-electron chi connectivity index (χ1n) is 22.8. The fourth-order valence-electron chi connectivity index (χ4n) is 9.58. The van der Waals surface area contributed by atoms with Crippen LogP contribution in [0.5, 0.6) is 0 Å². The van der Waals surface area contributed by atoms with Crippen LogP contribution < -0.4 is 0 Å². The van der Waals surface area contributed by atoms with Crippen molar-refractivity contribution < 1.29 is 0 Å². The third-order valence-electron chi connectivity index (χ3n) is 12.8. The highest BCUT2D eigenvalue weighted by Crippen LogP contribution is 2.45. The minimum atomic E-state index is 0.688. The number of nitrogens with zero attached hydrogens (tertiary/aromatic N) is 3. The summed E-state index contributed by atoms with van der Waals surface area (Å²) in [5.41, 5.74) is 19.8. The average Bonchev–Trinajstić information content (AvgIpc) is 3.75. The summed E-state index contributed by atoms with van der Waals surface area (Å²) in [5.74, 6) is 0.688. The first kappa shape index (κ1) is 39.7. The molecule has 67 heavy (non-hydrogen) atoms. The predicted molar refractivity (Wildman–Crippen MR) is 280 cm³/mol. The zero-order chi connectivity index (χ0) is 44.5. The molecule has 0 bridgehead atoms. The van der Waals surface area contributed by atoms with E-state index in [-0.39, 0.29) is 0 Å². The zero-order valence-corrected chi connectivity index (χ0v) is 36.7. The summed E-state index contributed by atoms with van der Waals surface area (Å²) in [5, 5.41) is 2.44. The van der Waals surface area contributed by atoms with E-state index >= 15 is 0 Å². The van der Waals surface area contributed by atoms with Gasteiger partial charge in [0.05, 0.1) is 22.4 Å². The Bertz CT molecular complexity index is 3690. The lowest BCUT2D eigenvalue weighted by Crippen LogP contribution is -1.97. The van der Waals surface area contributed by atoms with Gasteiger partial charge in [-0.3, -0.25) is 0 Å². The molecule has 0 saturated heterocycles. The normalized spacial score (nSPS) is 11.3. The molecule has 2 aromatic heterocycles. The molecule has 10 aromatic carbocycles. The Morgan fingerprint density at radius 2 is 0.701 bits per heavy atom. The van der Waals surface area contributed by atoms with Crippen LogP contribution in [0.2, 0.25) is 0 Å². The van der Waals surface area contributed by atoms with Crippen LogP contribution in [0.25, 0.3) is 117 Å². The smallest absolute Gasteiger partial charge is 0.160 e. The molecular weight excluding hydrogens is 811 g/mol. The number of fused-ring (bicyclic) bond motifs is 3. The van der Waals surface area contributed by atoms with Crippen molar-refractivity contribution in [3.05, 3.63) is 261 Å². The summed E-state index contributed by atoms with van der Waals surface area (Å²) in [7, 11) is 0. The van der Waals surface area contributed by atoms with Crippen molar-refractivity contribution in [1.82, 2.24) is 14.5 Å². The van der Waals surface area contributed by atoms with Crippen molar-refractivity contribution in [2.75, 3.05) is 0 Å². The fourth-order valence-corrected chi connectivity index (χ4v) is 9.58. The molecule has 0 atom stereocenters. The largest absolute Gasteiger partial charge is 0.309 e. The summed E-state index contributed by atoms with van der Waals surface area (Å²) in [6, 6.07) is 93.2. The van der Waals surface area contributed by atoms with Crippen LogP contribution in [0.1, 0.15) is 0 Å². The molecule has 314 valence electrons. The second-order valence-corrected chi connectivity index (χ2v) is 17.0. The van der Waals surface area contributed by atoms with Gasteiger partial charge in [-0.05, 0) is 110 Å². The van der Waals surface area contributed by atoms with Crippen LogP contribution in [0.3, 0.4) is 0 Å². The second-order valence-electron chi connectivity index (χ2n) is 17.0. The summed E-state index contributed by atoms with van der Waals surface area (Å²) < 4.78 is 2.38. The Morgan fingerprint density at radius 1 is 0.254 bits per heavy atom. The Labute approximate surface area is 390 Å². The van der Waals surface area contributed by atoms with Crippen LogP contribution >= 0.6 is 0 Å². The lowest BCUT2D eigenvalue weighted by molar-refractivity contribution is 1.18. The number of hydrogen-bond donors (Lipinski definition) is 0. The number of para-hydroxylation sites is 2. The van der Waals surface area contributed by atoms with Gasteiger partial charge in [0, 0.05) is 33.2 Å². The molecule has 0 fully saturated rings. The average molecular weight is 854 g/mol. The van der Waals surface area contributed by atoms with E-state index in [0.29, 0.717) is 5.82 Å². The first-order valence-corrected chi connectivity index (χ1v) is 22.8. The molecule has 0 radical (unpaired) electrons. The molecule has 12 aromatic rings. The highest BCUT2D eigenvalue weighted by molar-refractivity contribution is 6.11. The van der Waals surface area contributed by atoms with E-state index in [4.69, 9.17) is 9.97 Å². The zero-order valence-electron chi connectivity index (χ0n) is 36.7. The van der Waals surface area contributed by atoms with Gasteiger partial charge < -0.3 is 4.57 Å². The van der Waals surface area contributed by atoms with Crippen molar-refractivity contribution in [3.63, 3.8) is 0 Å². The molecule has 0 aliphatic rings. The lowest BCUT2D eigenvalue weighted by Gasteiger charge is -2.20.